The van der Waals surface area contributed by atoms with Crippen molar-refractivity contribution in [2.45, 2.75) is 52.4 Å². The van der Waals surface area contributed by atoms with Crippen LogP contribution in [0.25, 0.3) is 0 Å². The van der Waals surface area contributed by atoms with Crippen molar-refractivity contribution in [1.82, 2.24) is 10.6 Å². The lowest BCUT2D eigenvalue weighted by Crippen LogP contribution is -2.39. The van der Waals surface area contributed by atoms with E-state index >= 15 is 0 Å². The standard InChI is InChI=1S/C15H30N2O2/c1-3-15(4-2,12-18)11-17-14(19)8-7-13-6-5-9-16-10-13/h13,16,18H,3-12H2,1-2H3,(H,17,19). The lowest BCUT2D eigenvalue weighted by atomic mass is 9.83. The number of hydrogen-bond acceptors (Lipinski definition) is 3. The molecule has 0 spiro atoms. The minimum atomic E-state index is -0.137. The van der Waals surface area contributed by atoms with Gasteiger partial charge in [0, 0.05) is 18.4 Å². The SMILES string of the molecule is CCC(CC)(CO)CNC(=O)CCC1CCCNC1. The van der Waals surface area contributed by atoms with Crippen LogP contribution in [0.15, 0.2) is 0 Å². The molecule has 112 valence electrons. The summed E-state index contributed by atoms with van der Waals surface area (Å²) in [5.74, 6) is 0.782. The average molecular weight is 270 g/mol. The first-order valence-electron chi connectivity index (χ1n) is 7.74. The van der Waals surface area contributed by atoms with Gasteiger partial charge in [-0.05, 0) is 51.1 Å². The van der Waals surface area contributed by atoms with Crippen LogP contribution in [0, 0.1) is 11.3 Å². The Balaban J connectivity index is 2.23. The van der Waals surface area contributed by atoms with E-state index in [1.807, 2.05) is 0 Å². The summed E-state index contributed by atoms with van der Waals surface area (Å²) in [6.07, 6.45) is 5.85. The molecule has 1 unspecified atom stereocenters. The summed E-state index contributed by atoms with van der Waals surface area (Å²) in [7, 11) is 0. The Morgan fingerprint density at radius 2 is 2.16 bits per heavy atom. The molecule has 0 radical (unpaired) electrons. The van der Waals surface area contributed by atoms with E-state index in [2.05, 4.69) is 24.5 Å². The topological polar surface area (TPSA) is 61.4 Å². The normalized spacial score (nSPS) is 20.3. The molecule has 19 heavy (non-hydrogen) atoms. The molecule has 0 bridgehead atoms. The third-order valence-electron chi connectivity index (χ3n) is 4.67. The number of aliphatic hydroxyl groups excluding tert-OH is 1. The lowest BCUT2D eigenvalue weighted by Gasteiger charge is -2.29. The van der Waals surface area contributed by atoms with Crippen LogP contribution in [0.4, 0.5) is 0 Å². The Bertz CT molecular complexity index is 251. The van der Waals surface area contributed by atoms with Crippen molar-refractivity contribution < 1.29 is 9.90 Å². The van der Waals surface area contributed by atoms with Crippen LogP contribution in [0.2, 0.25) is 0 Å². The Morgan fingerprint density at radius 3 is 2.68 bits per heavy atom. The predicted octanol–water partition coefficient (Wildman–Crippen LogP) is 1.68. The van der Waals surface area contributed by atoms with Gasteiger partial charge in [-0.25, -0.2) is 0 Å². The van der Waals surface area contributed by atoms with Gasteiger partial charge in [0.25, 0.3) is 0 Å². The number of carbonyl (C=O) groups excluding carboxylic acids is 1. The van der Waals surface area contributed by atoms with Gasteiger partial charge < -0.3 is 15.7 Å². The van der Waals surface area contributed by atoms with Gasteiger partial charge in [-0.2, -0.15) is 0 Å². The van der Waals surface area contributed by atoms with Gasteiger partial charge in [-0.3, -0.25) is 4.79 Å². The van der Waals surface area contributed by atoms with E-state index in [0.29, 0.717) is 18.9 Å². The first-order chi connectivity index (χ1) is 9.15. The van der Waals surface area contributed by atoms with Crippen molar-refractivity contribution in [2.75, 3.05) is 26.2 Å². The number of piperidine rings is 1. The molecule has 1 saturated heterocycles. The molecule has 4 heteroatoms. The zero-order valence-corrected chi connectivity index (χ0v) is 12.5. The highest BCUT2D eigenvalue weighted by Crippen LogP contribution is 2.24. The zero-order chi connectivity index (χ0) is 14.1. The molecule has 1 aliphatic heterocycles. The van der Waals surface area contributed by atoms with Gasteiger partial charge >= 0.3 is 0 Å². The minimum absolute atomic E-state index is 0.130. The molecule has 0 aromatic rings. The third kappa shape index (κ3) is 5.49. The van der Waals surface area contributed by atoms with E-state index in [-0.39, 0.29) is 17.9 Å². The number of nitrogens with one attached hydrogen (secondary N) is 2. The highest BCUT2D eigenvalue weighted by Gasteiger charge is 2.25. The molecule has 1 fully saturated rings. The molecule has 1 atom stereocenters. The maximum atomic E-state index is 11.9. The van der Waals surface area contributed by atoms with Crippen molar-refractivity contribution in [1.29, 1.82) is 0 Å². The van der Waals surface area contributed by atoms with Crippen LogP contribution in [0.1, 0.15) is 52.4 Å². The smallest absolute Gasteiger partial charge is 0.220 e. The highest BCUT2D eigenvalue weighted by molar-refractivity contribution is 5.75. The van der Waals surface area contributed by atoms with Crippen LogP contribution in [0.5, 0.6) is 0 Å². The zero-order valence-electron chi connectivity index (χ0n) is 12.5. The van der Waals surface area contributed by atoms with E-state index in [4.69, 9.17) is 0 Å². The lowest BCUT2D eigenvalue weighted by molar-refractivity contribution is -0.122. The Hall–Kier alpha value is -0.610. The molecule has 4 nitrogen and oxygen atoms in total. The van der Waals surface area contributed by atoms with Crippen molar-refractivity contribution in [3.63, 3.8) is 0 Å². The number of carbonyl (C=O) groups is 1. The van der Waals surface area contributed by atoms with Gasteiger partial charge in [-0.15, -0.1) is 0 Å². The second-order valence-corrected chi connectivity index (χ2v) is 5.89. The second kappa shape index (κ2) is 8.54. The first kappa shape index (κ1) is 16.4. The van der Waals surface area contributed by atoms with Gasteiger partial charge in [0.15, 0.2) is 0 Å². The fraction of sp³-hybridized carbons (Fsp3) is 0.933. The summed E-state index contributed by atoms with van der Waals surface area (Å²) < 4.78 is 0. The molecule has 0 aromatic carbocycles. The van der Waals surface area contributed by atoms with Crippen LogP contribution in [-0.4, -0.2) is 37.3 Å². The minimum Gasteiger partial charge on any atom is -0.396 e. The van der Waals surface area contributed by atoms with Gasteiger partial charge in [0.2, 0.25) is 5.91 Å². The Labute approximate surface area is 117 Å². The van der Waals surface area contributed by atoms with Crippen LogP contribution in [0.3, 0.4) is 0 Å². The van der Waals surface area contributed by atoms with E-state index in [1.165, 1.54) is 12.8 Å². The van der Waals surface area contributed by atoms with Gasteiger partial charge in [-0.1, -0.05) is 13.8 Å². The number of hydrogen-bond donors (Lipinski definition) is 3. The summed E-state index contributed by atoms with van der Waals surface area (Å²) in [5, 5.41) is 15.8. The predicted molar refractivity (Wildman–Crippen MR) is 77.9 cm³/mol. The van der Waals surface area contributed by atoms with Crippen molar-refractivity contribution >= 4 is 5.91 Å². The fourth-order valence-corrected chi connectivity index (χ4v) is 2.66. The van der Waals surface area contributed by atoms with Crippen LogP contribution in [-0.2, 0) is 4.79 Å². The largest absolute Gasteiger partial charge is 0.396 e. The summed E-state index contributed by atoms with van der Waals surface area (Å²) >= 11 is 0. The van der Waals surface area contributed by atoms with Crippen LogP contribution < -0.4 is 10.6 Å². The van der Waals surface area contributed by atoms with Gasteiger partial charge in [0.1, 0.15) is 0 Å². The summed E-state index contributed by atoms with van der Waals surface area (Å²) in [5.41, 5.74) is -0.137. The molecule has 0 aliphatic carbocycles. The van der Waals surface area contributed by atoms with Crippen molar-refractivity contribution in [3.05, 3.63) is 0 Å². The second-order valence-electron chi connectivity index (χ2n) is 5.89. The van der Waals surface area contributed by atoms with Crippen molar-refractivity contribution in [3.8, 4) is 0 Å². The summed E-state index contributed by atoms with van der Waals surface area (Å²) in [6.45, 7) is 7.05. The van der Waals surface area contributed by atoms with Gasteiger partial charge in [0.05, 0.1) is 6.61 Å². The number of rotatable bonds is 8. The first-order valence-corrected chi connectivity index (χ1v) is 7.74. The maximum Gasteiger partial charge on any atom is 0.220 e. The van der Waals surface area contributed by atoms with Crippen LogP contribution >= 0.6 is 0 Å². The fourth-order valence-electron chi connectivity index (χ4n) is 2.66. The van der Waals surface area contributed by atoms with E-state index in [9.17, 15) is 9.90 Å². The monoisotopic (exact) mass is 270 g/mol. The van der Waals surface area contributed by atoms with Crippen molar-refractivity contribution in [2.24, 2.45) is 11.3 Å². The van der Waals surface area contributed by atoms with E-state index in [0.717, 1.165) is 32.4 Å². The average Bonchev–Trinajstić information content (AvgIpc) is 2.48. The third-order valence-corrected chi connectivity index (χ3v) is 4.67. The van der Waals surface area contributed by atoms with E-state index < -0.39 is 0 Å². The number of aliphatic hydroxyl groups is 1. The number of amides is 1. The highest BCUT2D eigenvalue weighted by atomic mass is 16.3. The summed E-state index contributed by atoms with van der Waals surface area (Å²) in [6, 6.07) is 0. The molecule has 1 aliphatic rings. The Kier molecular flexibility index (Phi) is 7.39. The molecule has 0 aromatic heterocycles. The van der Waals surface area contributed by atoms with E-state index in [1.54, 1.807) is 0 Å². The molecular formula is C15H30N2O2. The molecular weight excluding hydrogens is 240 g/mol. The molecule has 3 N–H and O–H groups in total. The molecule has 0 saturated carbocycles. The quantitative estimate of drug-likeness (QED) is 0.629. The maximum absolute atomic E-state index is 11.9. The summed E-state index contributed by atoms with van der Waals surface area (Å²) in [4.78, 5) is 11.9. The molecule has 1 amide bonds. The molecule has 1 heterocycles. The molecule has 1 rings (SSSR count). The Morgan fingerprint density at radius 1 is 1.42 bits per heavy atom.